The van der Waals surface area contributed by atoms with Crippen molar-refractivity contribution in [3.63, 3.8) is 0 Å². The van der Waals surface area contributed by atoms with Gasteiger partial charge in [0.15, 0.2) is 5.78 Å². The standard InChI is InChI=1S/C14H16N2O5/c1-9(17)12-3-2-11(16(20)21)8-13(12)15-6-4-10(5-7-15)14(18)19/h2-3,8,10H,4-7H2,1H3,(H,18,19). The zero-order valence-electron chi connectivity index (χ0n) is 11.6. The number of carbonyl (C=O) groups is 2. The van der Waals surface area contributed by atoms with Crippen LogP contribution in [0.1, 0.15) is 30.1 Å². The summed E-state index contributed by atoms with van der Waals surface area (Å²) in [5, 5.41) is 19.9. The van der Waals surface area contributed by atoms with Gasteiger partial charge < -0.3 is 10.0 Å². The average Bonchev–Trinajstić information content (AvgIpc) is 2.46. The van der Waals surface area contributed by atoms with Gasteiger partial charge in [0.25, 0.3) is 5.69 Å². The summed E-state index contributed by atoms with van der Waals surface area (Å²) in [7, 11) is 0. The van der Waals surface area contributed by atoms with Crippen LogP contribution in [-0.2, 0) is 4.79 Å². The van der Waals surface area contributed by atoms with Crippen LogP contribution in [0.25, 0.3) is 0 Å². The minimum absolute atomic E-state index is 0.0737. The number of benzene rings is 1. The molecule has 112 valence electrons. The van der Waals surface area contributed by atoms with Crippen molar-refractivity contribution in [1.29, 1.82) is 0 Å². The van der Waals surface area contributed by atoms with Crippen LogP contribution in [0, 0.1) is 16.0 Å². The van der Waals surface area contributed by atoms with E-state index >= 15 is 0 Å². The summed E-state index contributed by atoms with van der Waals surface area (Å²) in [4.78, 5) is 34.9. The largest absolute Gasteiger partial charge is 0.481 e. The van der Waals surface area contributed by atoms with Gasteiger partial charge in [-0.15, -0.1) is 0 Å². The summed E-state index contributed by atoms with van der Waals surface area (Å²) in [5.74, 6) is -1.37. The molecule has 0 amide bonds. The molecule has 0 unspecified atom stereocenters. The van der Waals surface area contributed by atoms with E-state index in [1.807, 2.05) is 4.90 Å². The maximum Gasteiger partial charge on any atom is 0.306 e. The molecule has 0 aromatic heterocycles. The fourth-order valence-electron chi connectivity index (χ4n) is 2.56. The van der Waals surface area contributed by atoms with Crippen molar-refractivity contribution in [2.75, 3.05) is 18.0 Å². The van der Waals surface area contributed by atoms with Gasteiger partial charge in [-0.05, 0) is 25.8 Å². The molecular formula is C14H16N2O5. The Balaban J connectivity index is 2.29. The Morgan fingerprint density at radius 1 is 1.33 bits per heavy atom. The minimum atomic E-state index is -0.819. The predicted octanol–water partition coefficient (Wildman–Crippen LogP) is 2.10. The second-order valence-corrected chi connectivity index (χ2v) is 5.11. The smallest absolute Gasteiger partial charge is 0.306 e. The summed E-state index contributed by atoms with van der Waals surface area (Å²) in [5.41, 5.74) is 0.866. The molecule has 0 saturated carbocycles. The number of Topliss-reactive ketones (excluding diaryl/α,β-unsaturated/α-hetero) is 1. The van der Waals surface area contributed by atoms with E-state index in [1.54, 1.807) is 0 Å². The van der Waals surface area contributed by atoms with Gasteiger partial charge in [0.1, 0.15) is 0 Å². The number of hydrogen-bond acceptors (Lipinski definition) is 5. The third-order valence-corrected chi connectivity index (χ3v) is 3.76. The number of piperidine rings is 1. The SMILES string of the molecule is CC(=O)c1ccc([N+](=O)[O-])cc1N1CCC(C(=O)O)CC1. The first-order valence-corrected chi connectivity index (χ1v) is 6.67. The molecule has 1 N–H and O–H groups in total. The number of nitro groups is 1. The van der Waals surface area contributed by atoms with Crippen LogP contribution in [-0.4, -0.2) is 34.9 Å². The second-order valence-electron chi connectivity index (χ2n) is 5.11. The first-order chi connectivity index (χ1) is 9.90. The third kappa shape index (κ3) is 3.18. The van der Waals surface area contributed by atoms with Gasteiger partial charge in [-0.3, -0.25) is 19.7 Å². The third-order valence-electron chi connectivity index (χ3n) is 3.76. The number of rotatable bonds is 4. The Labute approximate surface area is 121 Å². The lowest BCUT2D eigenvalue weighted by Crippen LogP contribution is -2.37. The van der Waals surface area contributed by atoms with Crippen LogP contribution in [0.2, 0.25) is 0 Å². The second kappa shape index (κ2) is 5.90. The molecular weight excluding hydrogens is 276 g/mol. The number of nitro benzene ring substituents is 1. The van der Waals surface area contributed by atoms with E-state index < -0.39 is 10.9 Å². The average molecular weight is 292 g/mol. The van der Waals surface area contributed by atoms with Crippen molar-refractivity contribution >= 4 is 23.1 Å². The highest BCUT2D eigenvalue weighted by atomic mass is 16.6. The molecule has 0 spiro atoms. The highest BCUT2D eigenvalue weighted by Crippen LogP contribution is 2.30. The van der Waals surface area contributed by atoms with Crippen LogP contribution < -0.4 is 4.90 Å². The number of ketones is 1. The number of carboxylic acid groups (broad SMARTS) is 1. The van der Waals surface area contributed by atoms with E-state index in [4.69, 9.17) is 5.11 Å². The summed E-state index contributed by atoms with van der Waals surface area (Å²) in [6.07, 6.45) is 0.935. The molecule has 7 heteroatoms. The van der Waals surface area contributed by atoms with Gasteiger partial charge in [0.05, 0.1) is 16.5 Å². The summed E-state index contributed by atoms with van der Waals surface area (Å²) in [6.45, 7) is 2.35. The molecule has 0 atom stereocenters. The highest BCUT2D eigenvalue weighted by Gasteiger charge is 2.27. The molecule has 1 aromatic rings. The quantitative estimate of drug-likeness (QED) is 0.518. The molecule has 1 aromatic carbocycles. The van der Waals surface area contributed by atoms with E-state index in [-0.39, 0.29) is 17.4 Å². The first kappa shape index (κ1) is 15.0. The molecule has 1 aliphatic heterocycles. The van der Waals surface area contributed by atoms with E-state index in [0.29, 0.717) is 37.2 Å². The van der Waals surface area contributed by atoms with Gasteiger partial charge in [-0.2, -0.15) is 0 Å². The topological polar surface area (TPSA) is 101 Å². The van der Waals surface area contributed by atoms with Gasteiger partial charge in [-0.25, -0.2) is 0 Å². The number of hydrogen-bond donors (Lipinski definition) is 1. The summed E-state index contributed by atoms with van der Waals surface area (Å²) >= 11 is 0. The van der Waals surface area contributed by atoms with E-state index in [1.165, 1.54) is 25.1 Å². The number of carboxylic acids is 1. The number of aliphatic carboxylic acids is 1. The Morgan fingerprint density at radius 2 is 1.95 bits per heavy atom. The van der Waals surface area contributed by atoms with Gasteiger partial charge >= 0.3 is 5.97 Å². The van der Waals surface area contributed by atoms with Crippen LogP contribution in [0.4, 0.5) is 11.4 Å². The number of nitrogens with zero attached hydrogens (tertiary/aromatic N) is 2. The molecule has 2 rings (SSSR count). The van der Waals surface area contributed by atoms with Gasteiger partial charge in [-0.1, -0.05) is 0 Å². The molecule has 1 heterocycles. The Morgan fingerprint density at radius 3 is 2.43 bits per heavy atom. The summed E-state index contributed by atoms with van der Waals surface area (Å²) < 4.78 is 0. The Kier molecular flexibility index (Phi) is 4.21. The lowest BCUT2D eigenvalue weighted by atomic mass is 9.95. The van der Waals surface area contributed by atoms with Crippen LogP contribution >= 0.6 is 0 Å². The van der Waals surface area contributed by atoms with Crippen LogP contribution in [0.3, 0.4) is 0 Å². The molecule has 1 aliphatic rings. The molecule has 1 fully saturated rings. The minimum Gasteiger partial charge on any atom is -0.481 e. The highest BCUT2D eigenvalue weighted by molar-refractivity contribution is 6.00. The van der Waals surface area contributed by atoms with Gasteiger partial charge in [0.2, 0.25) is 0 Å². The molecule has 0 radical (unpaired) electrons. The zero-order valence-corrected chi connectivity index (χ0v) is 11.6. The van der Waals surface area contributed by atoms with Crippen molar-refractivity contribution in [2.24, 2.45) is 5.92 Å². The molecule has 1 saturated heterocycles. The number of non-ortho nitro benzene ring substituents is 1. The fraction of sp³-hybridized carbons (Fsp3) is 0.429. The number of anilines is 1. The van der Waals surface area contributed by atoms with Crippen LogP contribution in [0.5, 0.6) is 0 Å². The van der Waals surface area contributed by atoms with Crippen molar-refractivity contribution in [1.82, 2.24) is 0 Å². The lowest BCUT2D eigenvalue weighted by molar-refractivity contribution is -0.384. The maximum absolute atomic E-state index is 11.7. The number of carbonyl (C=O) groups excluding carboxylic acids is 1. The lowest BCUT2D eigenvalue weighted by Gasteiger charge is -2.32. The van der Waals surface area contributed by atoms with Crippen molar-refractivity contribution in [3.8, 4) is 0 Å². The zero-order chi connectivity index (χ0) is 15.6. The van der Waals surface area contributed by atoms with Gasteiger partial charge in [0, 0.05) is 30.8 Å². The van der Waals surface area contributed by atoms with Crippen LogP contribution in [0.15, 0.2) is 18.2 Å². The van der Waals surface area contributed by atoms with Crippen molar-refractivity contribution in [3.05, 3.63) is 33.9 Å². The molecule has 21 heavy (non-hydrogen) atoms. The Hall–Kier alpha value is -2.44. The predicted molar refractivity (Wildman–Crippen MR) is 75.7 cm³/mol. The van der Waals surface area contributed by atoms with Crippen molar-refractivity contribution in [2.45, 2.75) is 19.8 Å². The maximum atomic E-state index is 11.7. The molecule has 7 nitrogen and oxygen atoms in total. The molecule has 0 aliphatic carbocycles. The first-order valence-electron chi connectivity index (χ1n) is 6.67. The van der Waals surface area contributed by atoms with E-state index in [9.17, 15) is 19.7 Å². The molecule has 0 bridgehead atoms. The Bertz CT molecular complexity index is 591. The normalized spacial score (nSPS) is 15.8. The van der Waals surface area contributed by atoms with E-state index in [2.05, 4.69) is 0 Å². The van der Waals surface area contributed by atoms with Crippen molar-refractivity contribution < 1.29 is 19.6 Å². The monoisotopic (exact) mass is 292 g/mol. The van der Waals surface area contributed by atoms with E-state index in [0.717, 1.165) is 0 Å². The fourth-order valence-corrected chi connectivity index (χ4v) is 2.56. The summed E-state index contributed by atoms with van der Waals surface area (Å²) in [6, 6.07) is 4.15.